The van der Waals surface area contributed by atoms with Crippen LogP contribution in [-0.4, -0.2) is 22.6 Å². The van der Waals surface area contributed by atoms with E-state index in [-0.39, 0.29) is 30.9 Å². The Morgan fingerprint density at radius 2 is 1.36 bits per heavy atom. The Hall–Kier alpha value is -4.61. The van der Waals surface area contributed by atoms with Crippen molar-refractivity contribution >= 4 is 46.2 Å². The molecule has 3 aromatic heterocycles. The third-order valence-electron chi connectivity index (χ3n) is 9.70. The maximum absolute atomic E-state index is 6.30. The molecule has 5 aromatic carbocycles. The van der Waals surface area contributed by atoms with Crippen molar-refractivity contribution in [3.63, 3.8) is 0 Å². The number of nitrogens with zero attached hydrogens (tertiary/aromatic N) is 3. The predicted molar refractivity (Wildman–Crippen MR) is 222 cm³/mol. The van der Waals surface area contributed by atoms with E-state index in [1.165, 1.54) is 16.3 Å². The van der Waals surface area contributed by atoms with E-state index >= 15 is 0 Å². The molecule has 0 N–H and O–H groups in total. The first-order valence-corrected chi connectivity index (χ1v) is 21.6. The van der Waals surface area contributed by atoms with E-state index in [4.69, 9.17) is 9.40 Å². The molecule has 0 unspecified atom stereocenters. The molecule has 3 heterocycles. The van der Waals surface area contributed by atoms with Gasteiger partial charge in [-0.1, -0.05) is 127 Å². The topological polar surface area (TPSA) is 43.9 Å². The van der Waals surface area contributed by atoms with Crippen LogP contribution in [0, 0.1) is 12.1 Å². The first kappa shape index (κ1) is 38.1. The van der Waals surface area contributed by atoms with Crippen molar-refractivity contribution in [1.82, 2.24) is 14.5 Å². The number of pyridine rings is 1. The summed E-state index contributed by atoms with van der Waals surface area (Å²) in [6.07, 6.45) is 2.03. The summed E-state index contributed by atoms with van der Waals surface area (Å²) in [5.41, 5.74) is 10.6. The fourth-order valence-corrected chi connectivity index (χ4v) is 7.50. The largest absolute Gasteiger partial charge is 0.501 e. The molecule has 0 aliphatic heterocycles. The SMILES string of the molecule is CC(C)(C)c1c[c-]c(-c2ccc([Si](C)(C)C)cn2)cc1.CC(C)(C)c1ccc(-n2c(-c3[c-]ccc4c3oc3ccccc34)nc3ccccc32)cc1.[Ir]. The molecule has 0 atom stereocenters. The van der Waals surface area contributed by atoms with Crippen LogP contribution < -0.4 is 5.19 Å². The van der Waals surface area contributed by atoms with E-state index in [9.17, 15) is 0 Å². The standard InChI is InChI=1S/C29H23N2O.C18H24NSi.Ir/c1-29(2,3)19-15-17-20(18-16-19)31-25-13-6-5-12-24(25)30-28(31)23-11-8-10-22-21-9-4-7-14-26(21)32-27(22)23;1-18(2,3)15-9-7-14(8-10-15)17-12-11-16(13-19-17)20(4,5)6;/h4-10,12-18H,1-3H3;7,9-13H,1-6H3;/q2*-1;. The van der Waals surface area contributed by atoms with Gasteiger partial charge in [0.1, 0.15) is 5.58 Å². The Labute approximate surface area is 328 Å². The molecular formula is C47H47IrN3OSi-2. The second kappa shape index (κ2) is 14.7. The first-order chi connectivity index (χ1) is 24.7. The van der Waals surface area contributed by atoms with Crippen LogP contribution in [-0.2, 0) is 30.9 Å². The fourth-order valence-electron chi connectivity index (χ4n) is 6.47. The third kappa shape index (κ3) is 7.87. The van der Waals surface area contributed by atoms with Gasteiger partial charge in [-0.15, -0.1) is 53.6 Å². The van der Waals surface area contributed by atoms with Crippen LogP contribution in [0.25, 0.3) is 61.3 Å². The zero-order valence-electron chi connectivity index (χ0n) is 32.1. The number of imidazole rings is 1. The van der Waals surface area contributed by atoms with Gasteiger partial charge in [0.2, 0.25) is 0 Å². The van der Waals surface area contributed by atoms with Gasteiger partial charge in [0.05, 0.1) is 30.5 Å². The van der Waals surface area contributed by atoms with Crippen molar-refractivity contribution in [3.05, 3.63) is 145 Å². The summed E-state index contributed by atoms with van der Waals surface area (Å²) in [6, 6.07) is 46.7. The number of benzene rings is 5. The molecule has 0 amide bonds. The normalized spacial score (nSPS) is 12.1. The summed E-state index contributed by atoms with van der Waals surface area (Å²) in [6.45, 7) is 20.4. The van der Waals surface area contributed by atoms with Gasteiger partial charge in [0.15, 0.2) is 0 Å². The van der Waals surface area contributed by atoms with E-state index < -0.39 is 8.07 Å². The Balaban J connectivity index is 0.000000199. The van der Waals surface area contributed by atoms with Crippen LogP contribution in [0.4, 0.5) is 0 Å². The number of aromatic nitrogens is 3. The number of furan rings is 1. The summed E-state index contributed by atoms with van der Waals surface area (Å²) in [7, 11) is -1.26. The molecular weight excluding hydrogens is 843 g/mol. The number of hydrogen-bond donors (Lipinski definition) is 0. The van der Waals surface area contributed by atoms with Gasteiger partial charge in [0.25, 0.3) is 0 Å². The Kier molecular flexibility index (Phi) is 10.5. The molecule has 1 radical (unpaired) electrons. The summed E-state index contributed by atoms with van der Waals surface area (Å²) < 4.78 is 8.51. The van der Waals surface area contributed by atoms with E-state index in [0.717, 1.165) is 61.3 Å². The van der Waals surface area contributed by atoms with E-state index in [0.29, 0.717) is 0 Å². The van der Waals surface area contributed by atoms with Gasteiger partial charge in [0, 0.05) is 37.4 Å². The monoisotopic (exact) mass is 890 g/mol. The average molecular weight is 890 g/mol. The molecule has 0 aliphatic rings. The quantitative estimate of drug-likeness (QED) is 0.131. The number of para-hydroxylation sites is 3. The van der Waals surface area contributed by atoms with Crippen LogP contribution in [0.2, 0.25) is 19.6 Å². The molecule has 0 aliphatic carbocycles. The van der Waals surface area contributed by atoms with Gasteiger partial charge >= 0.3 is 0 Å². The first-order valence-electron chi connectivity index (χ1n) is 18.1. The summed E-state index contributed by atoms with van der Waals surface area (Å²) in [5, 5.41) is 3.58. The van der Waals surface area contributed by atoms with Crippen molar-refractivity contribution in [3.8, 4) is 28.3 Å². The van der Waals surface area contributed by atoms with Crippen LogP contribution in [0.5, 0.6) is 0 Å². The van der Waals surface area contributed by atoms with Gasteiger partial charge in [-0.3, -0.25) is 4.98 Å². The molecule has 8 rings (SSSR count). The number of fused-ring (bicyclic) bond motifs is 4. The van der Waals surface area contributed by atoms with Gasteiger partial charge in [-0.25, -0.2) is 0 Å². The van der Waals surface area contributed by atoms with Crippen molar-refractivity contribution in [2.24, 2.45) is 0 Å². The third-order valence-corrected chi connectivity index (χ3v) is 11.7. The second-order valence-corrected chi connectivity index (χ2v) is 21.8. The van der Waals surface area contributed by atoms with Crippen molar-refractivity contribution in [1.29, 1.82) is 0 Å². The molecule has 8 aromatic rings. The summed E-state index contributed by atoms with van der Waals surface area (Å²) >= 11 is 0. The Morgan fingerprint density at radius 1 is 0.679 bits per heavy atom. The van der Waals surface area contributed by atoms with Crippen LogP contribution >= 0.6 is 0 Å². The van der Waals surface area contributed by atoms with Gasteiger partial charge < -0.3 is 14.0 Å². The van der Waals surface area contributed by atoms with E-state index in [1.54, 1.807) is 0 Å². The zero-order valence-corrected chi connectivity index (χ0v) is 35.5. The molecule has 0 saturated carbocycles. The molecule has 53 heavy (non-hydrogen) atoms. The summed E-state index contributed by atoms with van der Waals surface area (Å²) in [5.74, 6) is 0.833. The van der Waals surface area contributed by atoms with Crippen LogP contribution in [0.15, 0.2) is 126 Å². The van der Waals surface area contributed by atoms with Gasteiger partial charge in [-0.05, 0) is 57.6 Å². The average Bonchev–Trinajstić information content (AvgIpc) is 3.70. The predicted octanol–water partition coefficient (Wildman–Crippen LogP) is 12.1. The number of rotatable bonds is 4. The van der Waals surface area contributed by atoms with E-state index in [1.807, 2.05) is 36.5 Å². The zero-order chi connectivity index (χ0) is 36.8. The maximum atomic E-state index is 6.30. The fraction of sp³-hybridized carbons (Fsp3) is 0.234. The van der Waals surface area contributed by atoms with Crippen molar-refractivity contribution in [2.75, 3.05) is 0 Å². The molecule has 0 spiro atoms. The van der Waals surface area contributed by atoms with Crippen molar-refractivity contribution < 1.29 is 24.5 Å². The minimum Gasteiger partial charge on any atom is -0.501 e. The minimum absolute atomic E-state index is 0. The Morgan fingerprint density at radius 3 is 2.00 bits per heavy atom. The van der Waals surface area contributed by atoms with Crippen molar-refractivity contribution in [2.45, 2.75) is 72.0 Å². The molecule has 271 valence electrons. The van der Waals surface area contributed by atoms with Crippen LogP contribution in [0.3, 0.4) is 0 Å². The molecule has 0 fully saturated rings. The summed E-state index contributed by atoms with van der Waals surface area (Å²) in [4.78, 5) is 9.63. The minimum atomic E-state index is -1.26. The smallest absolute Gasteiger partial charge is 0.120 e. The maximum Gasteiger partial charge on any atom is 0.120 e. The molecule has 0 saturated heterocycles. The van der Waals surface area contributed by atoms with Gasteiger partial charge in [-0.2, -0.15) is 0 Å². The second-order valence-electron chi connectivity index (χ2n) is 16.7. The van der Waals surface area contributed by atoms with E-state index in [2.05, 4.69) is 168 Å². The number of hydrogen-bond acceptors (Lipinski definition) is 3. The van der Waals surface area contributed by atoms with Crippen LogP contribution in [0.1, 0.15) is 52.7 Å². The molecule has 0 bridgehead atoms. The Bertz CT molecular complexity index is 2440. The molecule has 4 nitrogen and oxygen atoms in total. The molecule has 6 heteroatoms.